The molecule has 0 aromatic carbocycles. The lowest BCUT2D eigenvalue weighted by molar-refractivity contribution is -0.467. The van der Waals surface area contributed by atoms with Crippen molar-refractivity contribution in [3.05, 3.63) is 0 Å². The Kier molecular flexibility index (Phi) is 19.3. The molecule has 0 rings (SSSR count). The first-order chi connectivity index (χ1) is 23.9. The molecule has 0 saturated carbocycles. The van der Waals surface area contributed by atoms with E-state index in [4.69, 9.17) is 4.74 Å². The third kappa shape index (κ3) is 11.7. The normalized spacial score (nSPS) is 14.4. The molecule has 0 unspecified atom stereocenters. The van der Waals surface area contributed by atoms with Gasteiger partial charge in [-0.1, -0.05) is 92.7 Å². The van der Waals surface area contributed by atoms with Crippen molar-refractivity contribution in [3.63, 3.8) is 0 Å². The maximum absolute atomic E-state index is 13.9. The van der Waals surface area contributed by atoms with Gasteiger partial charge in [0.05, 0.1) is 0 Å². The van der Waals surface area contributed by atoms with E-state index in [9.17, 15) is 93.0 Å². The number of carbonyl (C=O) groups excluding carboxylic acids is 2. The highest BCUT2D eigenvalue weighted by Gasteiger charge is 2.97. The summed E-state index contributed by atoms with van der Waals surface area (Å²) >= 11 is 0. The summed E-state index contributed by atoms with van der Waals surface area (Å²) in [6.07, 6.45) is 3.58. The zero-order valence-corrected chi connectivity index (χ0v) is 29.1. The van der Waals surface area contributed by atoms with Crippen molar-refractivity contribution in [1.82, 2.24) is 0 Å². The van der Waals surface area contributed by atoms with Gasteiger partial charge < -0.3 is 9.47 Å². The highest BCUT2D eigenvalue weighted by Crippen LogP contribution is 2.65. The van der Waals surface area contributed by atoms with Gasteiger partial charge in [0.1, 0.15) is 13.2 Å². The fraction of sp³-hybridized carbons (Fsp3) is 0.929. The van der Waals surface area contributed by atoms with Gasteiger partial charge in [-0.05, 0) is 6.42 Å². The molecule has 4 nitrogen and oxygen atoms in total. The first-order valence-electron chi connectivity index (χ1n) is 15.5. The van der Waals surface area contributed by atoms with E-state index < -0.39 is 77.9 Å². The van der Waals surface area contributed by atoms with Gasteiger partial charge in [0.25, 0.3) is 0 Å². The summed E-state index contributed by atoms with van der Waals surface area (Å²) in [5.74, 6) is -73.8. The maximum atomic E-state index is 13.9. The van der Waals surface area contributed by atoms with Crippen molar-refractivity contribution in [2.75, 3.05) is 24.7 Å². The van der Waals surface area contributed by atoms with Crippen molar-refractivity contribution in [3.8, 4) is 0 Å². The first-order valence-corrected chi connectivity index (χ1v) is 18.0. The van der Waals surface area contributed by atoms with E-state index >= 15 is 0 Å². The minimum Gasteiger partial charge on any atom is -0.465 e. The summed E-state index contributed by atoms with van der Waals surface area (Å²) in [4.78, 5) is 23.1. The van der Waals surface area contributed by atoms with Crippen molar-refractivity contribution in [2.45, 2.75) is 138 Å². The molecule has 316 valence electrons. The number of rotatable bonds is 27. The SMILES string of the molecule is CCCCCCCCCCCCCC(=O)OCCSSCCOC(=O)C(F)(F)C(F)(F)C(F)(F)C(F)(F)C(F)(F)C(F)(F)C(F)(F)C(F)(F)C(F)(F)F. The molecule has 0 aromatic heterocycles. The van der Waals surface area contributed by atoms with Gasteiger partial charge in [-0.25, -0.2) is 4.79 Å². The van der Waals surface area contributed by atoms with Crippen molar-refractivity contribution < 1.29 is 102 Å². The van der Waals surface area contributed by atoms with Gasteiger partial charge in [-0.3, -0.25) is 4.79 Å². The summed E-state index contributed by atoms with van der Waals surface area (Å²) in [7, 11) is 1.35. The first kappa shape index (κ1) is 51.3. The van der Waals surface area contributed by atoms with Crippen LogP contribution in [0.2, 0.25) is 0 Å². The van der Waals surface area contributed by atoms with Crippen LogP contribution in [0.3, 0.4) is 0 Å². The van der Waals surface area contributed by atoms with Gasteiger partial charge in [-0.15, -0.1) is 0 Å². The molecule has 0 spiro atoms. The van der Waals surface area contributed by atoms with E-state index in [1.165, 1.54) is 25.7 Å². The lowest BCUT2D eigenvalue weighted by atomic mass is 9.87. The second-order valence-corrected chi connectivity index (χ2v) is 14.1. The van der Waals surface area contributed by atoms with Gasteiger partial charge >= 0.3 is 65.5 Å². The molecule has 0 bridgehead atoms. The second-order valence-electron chi connectivity index (χ2n) is 11.4. The van der Waals surface area contributed by atoms with Gasteiger partial charge in [0, 0.05) is 17.9 Å². The van der Waals surface area contributed by atoms with Crippen LogP contribution in [0.5, 0.6) is 0 Å². The topological polar surface area (TPSA) is 52.6 Å². The molecule has 53 heavy (non-hydrogen) atoms. The highest BCUT2D eigenvalue weighted by molar-refractivity contribution is 8.76. The number of carbonyl (C=O) groups is 2. The summed E-state index contributed by atoms with van der Waals surface area (Å²) < 4.78 is 263. The van der Waals surface area contributed by atoms with E-state index in [1.54, 1.807) is 0 Å². The number of unbranched alkanes of at least 4 members (excludes halogenated alkanes) is 10. The third-order valence-electron chi connectivity index (χ3n) is 7.27. The molecule has 0 amide bonds. The van der Waals surface area contributed by atoms with E-state index in [0.717, 1.165) is 49.3 Å². The Morgan fingerprint density at radius 2 is 0.755 bits per heavy atom. The van der Waals surface area contributed by atoms with Crippen LogP contribution in [-0.4, -0.2) is 90.2 Å². The number of alkyl halides is 19. The quantitative estimate of drug-likeness (QED) is 0.0355. The molecule has 25 heteroatoms. The molecular weight excluding hydrogens is 825 g/mol. The van der Waals surface area contributed by atoms with Crippen LogP contribution in [0, 0.1) is 0 Å². The summed E-state index contributed by atoms with van der Waals surface area (Å²) in [6, 6.07) is 0. The molecule has 0 aliphatic rings. The Morgan fingerprint density at radius 3 is 1.13 bits per heavy atom. The Bertz CT molecular complexity index is 1130. The van der Waals surface area contributed by atoms with Crippen molar-refractivity contribution in [1.29, 1.82) is 0 Å². The van der Waals surface area contributed by atoms with Gasteiger partial charge in [0.2, 0.25) is 0 Å². The standard InChI is InChI=1S/C28H35F19O4S2/c1-2-3-4-5-6-7-8-9-10-11-12-13-18(48)50-14-16-52-53-17-15-51-19(49)20(29,30)21(31,32)22(33,34)23(35,36)24(37,38)25(39,40)26(41,42)27(43,44)28(45,46)47/h2-17H2,1H3. The fourth-order valence-corrected chi connectivity index (χ4v) is 5.72. The van der Waals surface area contributed by atoms with Crippen LogP contribution < -0.4 is 0 Å². The highest BCUT2D eigenvalue weighted by atomic mass is 33.1. The number of esters is 2. The third-order valence-corrected chi connectivity index (χ3v) is 9.60. The van der Waals surface area contributed by atoms with E-state index in [0.29, 0.717) is 17.2 Å². The Hall–Kier alpha value is -1.69. The van der Waals surface area contributed by atoms with E-state index in [-0.39, 0.29) is 18.8 Å². The molecule has 0 aliphatic heterocycles. The molecule has 0 saturated heterocycles. The number of hydrogen-bond acceptors (Lipinski definition) is 6. The molecule has 0 radical (unpaired) electrons. The number of hydrogen-bond donors (Lipinski definition) is 0. The molecule has 0 atom stereocenters. The fourth-order valence-electron chi connectivity index (χ4n) is 4.06. The van der Waals surface area contributed by atoms with Crippen LogP contribution in [0.1, 0.15) is 84.0 Å². The molecule has 0 heterocycles. The zero-order chi connectivity index (χ0) is 41.8. The molecule has 0 N–H and O–H groups in total. The van der Waals surface area contributed by atoms with Crippen LogP contribution >= 0.6 is 21.6 Å². The van der Waals surface area contributed by atoms with Crippen molar-refractivity contribution in [2.24, 2.45) is 0 Å². The molecule has 0 fully saturated rings. The van der Waals surface area contributed by atoms with E-state index in [1.807, 2.05) is 0 Å². The lowest BCUT2D eigenvalue weighted by Gasteiger charge is -2.43. The Morgan fingerprint density at radius 1 is 0.434 bits per heavy atom. The smallest absolute Gasteiger partial charge is 0.460 e. The van der Waals surface area contributed by atoms with Crippen molar-refractivity contribution >= 4 is 33.5 Å². The summed E-state index contributed by atoms with van der Waals surface area (Å²) in [6.45, 7) is 0.488. The van der Waals surface area contributed by atoms with Crippen LogP contribution in [0.15, 0.2) is 0 Å². The van der Waals surface area contributed by atoms with E-state index in [2.05, 4.69) is 11.7 Å². The average molecular weight is 861 g/mol. The predicted octanol–water partition coefficient (Wildman–Crippen LogP) is 11.8. The Labute approximate surface area is 298 Å². The second kappa shape index (κ2) is 19.9. The minimum atomic E-state index is -9.07. The van der Waals surface area contributed by atoms with Crippen LogP contribution in [-0.2, 0) is 19.1 Å². The molecule has 0 aromatic rings. The van der Waals surface area contributed by atoms with Crippen LogP contribution in [0.4, 0.5) is 83.4 Å². The van der Waals surface area contributed by atoms with Gasteiger partial charge in [-0.2, -0.15) is 83.4 Å². The zero-order valence-electron chi connectivity index (χ0n) is 27.4. The molecular formula is C28H35F19O4S2. The average Bonchev–Trinajstić information content (AvgIpc) is 3.03. The summed E-state index contributed by atoms with van der Waals surface area (Å²) in [5.41, 5.74) is 0. The lowest BCUT2D eigenvalue weighted by Crippen LogP contribution is -2.76. The maximum Gasteiger partial charge on any atom is 0.460 e. The molecule has 0 aliphatic carbocycles. The summed E-state index contributed by atoms with van der Waals surface area (Å²) in [5, 5.41) is 0. The number of ether oxygens (including phenoxy) is 2. The van der Waals surface area contributed by atoms with Gasteiger partial charge in [0.15, 0.2) is 0 Å². The predicted molar refractivity (Wildman–Crippen MR) is 154 cm³/mol. The largest absolute Gasteiger partial charge is 0.465 e. The number of halogens is 19. The monoisotopic (exact) mass is 860 g/mol. The Balaban J connectivity index is 4.99. The minimum absolute atomic E-state index is 0.00899. The van der Waals surface area contributed by atoms with Crippen LogP contribution in [0.25, 0.3) is 0 Å².